The molecule has 0 aromatic carbocycles. The maximum absolute atomic E-state index is 5.34. The van der Waals surface area contributed by atoms with E-state index >= 15 is 0 Å². The molecule has 0 aliphatic heterocycles. The summed E-state index contributed by atoms with van der Waals surface area (Å²) in [5, 5.41) is 5.15. The first-order valence-electron chi connectivity index (χ1n) is 2.99. The molecule has 0 heterocycles. The Bertz CT molecular complexity index is 119. The fraction of sp³-hybridized carbons (Fsp3) is 0.800. The fourth-order valence-corrected chi connectivity index (χ4v) is 0.671. The van der Waals surface area contributed by atoms with Crippen LogP contribution in [0.5, 0.6) is 0 Å². The van der Waals surface area contributed by atoms with Gasteiger partial charge in [-0.3, -0.25) is 5.01 Å². The van der Waals surface area contributed by atoms with E-state index in [2.05, 4.69) is 5.32 Å². The SMILES string of the molecule is CN(N)C(=S)NC1CC1. The van der Waals surface area contributed by atoms with Crippen molar-refractivity contribution in [1.29, 1.82) is 0 Å². The van der Waals surface area contributed by atoms with Gasteiger partial charge in [-0.05, 0) is 25.1 Å². The maximum atomic E-state index is 5.34. The van der Waals surface area contributed by atoms with Gasteiger partial charge < -0.3 is 5.32 Å². The van der Waals surface area contributed by atoms with E-state index in [9.17, 15) is 0 Å². The summed E-state index contributed by atoms with van der Waals surface area (Å²) in [6.45, 7) is 0. The lowest BCUT2D eigenvalue weighted by atomic mass is 10.7. The molecule has 4 heteroatoms. The van der Waals surface area contributed by atoms with E-state index in [1.54, 1.807) is 7.05 Å². The highest BCUT2D eigenvalue weighted by Crippen LogP contribution is 2.18. The minimum absolute atomic E-state index is 0.600. The lowest BCUT2D eigenvalue weighted by molar-refractivity contribution is 0.523. The molecule has 0 aromatic heterocycles. The van der Waals surface area contributed by atoms with Crippen LogP contribution in [0.3, 0.4) is 0 Å². The van der Waals surface area contributed by atoms with Crippen LogP contribution in [-0.4, -0.2) is 23.2 Å². The molecule has 9 heavy (non-hydrogen) atoms. The highest BCUT2D eigenvalue weighted by Gasteiger charge is 2.22. The van der Waals surface area contributed by atoms with Crippen molar-refractivity contribution in [3.63, 3.8) is 0 Å². The molecule has 3 N–H and O–H groups in total. The lowest BCUT2D eigenvalue weighted by Gasteiger charge is -2.13. The number of nitrogens with zero attached hydrogens (tertiary/aromatic N) is 1. The molecule has 0 unspecified atom stereocenters. The molecular formula is C5H11N3S. The van der Waals surface area contributed by atoms with Crippen LogP contribution in [0.15, 0.2) is 0 Å². The van der Waals surface area contributed by atoms with Crippen LogP contribution in [0.4, 0.5) is 0 Å². The summed E-state index contributed by atoms with van der Waals surface area (Å²) in [5.41, 5.74) is 0. The van der Waals surface area contributed by atoms with Crippen molar-refractivity contribution < 1.29 is 0 Å². The summed E-state index contributed by atoms with van der Waals surface area (Å²) in [6.07, 6.45) is 2.46. The quantitative estimate of drug-likeness (QED) is 0.305. The molecule has 0 aromatic rings. The van der Waals surface area contributed by atoms with Gasteiger partial charge in [0.15, 0.2) is 5.11 Å². The van der Waals surface area contributed by atoms with Gasteiger partial charge >= 0.3 is 0 Å². The monoisotopic (exact) mass is 145 g/mol. The Balaban J connectivity index is 2.17. The predicted molar refractivity (Wildman–Crippen MR) is 40.7 cm³/mol. The number of nitrogens with one attached hydrogen (secondary N) is 1. The van der Waals surface area contributed by atoms with Crippen LogP contribution in [0.25, 0.3) is 0 Å². The van der Waals surface area contributed by atoms with Gasteiger partial charge in [-0.2, -0.15) is 0 Å². The van der Waals surface area contributed by atoms with Crippen LogP contribution >= 0.6 is 12.2 Å². The molecule has 0 atom stereocenters. The zero-order chi connectivity index (χ0) is 6.85. The van der Waals surface area contributed by atoms with Crippen molar-refractivity contribution in [3.8, 4) is 0 Å². The molecule has 1 aliphatic carbocycles. The van der Waals surface area contributed by atoms with Crippen molar-refractivity contribution in [2.75, 3.05) is 7.05 Å². The second kappa shape index (κ2) is 2.49. The Morgan fingerprint density at radius 3 is 2.67 bits per heavy atom. The molecule has 3 nitrogen and oxygen atoms in total. The Labute approximate surface area is 60.2 Å². The second-order valence-electron chi connectivity index (χ2n) is 2.33. The van der Waals surface area contributed by atoms with Gasteiger partial charge in [0.25, 0.3) is 0 Å². The Morgan fingerprint density at radius 2 is 2.33 bits per heavy atom. The molecule has 0 bridgehead atoms. The molecule has 0 spiro atoms. The van der Waals surface area contributed by atoms with E-state index in [0.717, 1.165) is 0 Å². The number of hydrogen-bond acceptors (Lipinski definition) is 2. The molecule has 52 valence electrons. The Hall–Kier alpha value is -0.350. The summed E-state index contributed by atoms with van der Waals surface area (Å²) in [4.78, 5) is 0. The van der Waals surface area contributed by atoms with E-state index in [-0.39, 0.29) is 0 Å². The largest absolute Gasteiger partial charge is 0.359 e. The summed E-state index contributed by atoms with van der Waals surface area (Å²) in [7, 11) is 1.73. The number of rotatable bonds is 1. The predicted octanol–water partition coefficient (Wildman–Crippen LogP) is -0.171. The second-order valence-corrected chi connectivity index (χ2v) is 2.72. The molecule has 0 amide bonds. The van der Waals surface area contributed by atoms with Gasteiger partial charge in [-0.15, -0.1) is 0 Å². The van der Waals surface area contributed by atoms with Gasteiger partial charge in [-0.25, -0.2) is 5.84 Å². The van der Waals surface area contributed by atoms with Crippen LogP contribution in [0, 0.1) is 0 Å². The number of thiocarbonyl (C=S) groups is 1. The third-order valence-electron chi connectivity index (χ3n) is 1.23. The smallest absolute Gasteiger partial charge is 0.183 e. The van der Waals surface area contributed by atoms with Crippen molar-refractivity contribution in [2.24, 2.45) is 5.84 Å². The molecule has 1 saturated carbocycles. The molecular weight excluding hydrogens is 134 g/mol. The van der Waals surface area contributed by atoms with Gasteiger partial charge in [0.1, 0.15) is 0 Å². The number of hydrazine groups is 1. The van der Waals surface area contributed by atoms with Crippen molar-refractivity contribution >= 4 is 17.3 Å². The lowest BCUT2D eigenvalue weighted by Crippen LogP contribution is -2.42. The molecule has 1 rings (SSSR count). The first-order valence-corrected chi connectivity index (χ1v) is 3.40. The molecule has 1 aliphatic rings. The van der Waals surface area contributed by atoms with E-state index in [1.807, 2.05) is 0 Å². The van der Waals surface area contributed by atoms with Gasteiger partial charge in [-0.1, -0.05) is 0 Å². The highest BCUT2D eigenvalue weighted by molar-refractivity contribution is 7.80. The van der Waals surface area contributed by atoms with Crippen molar-refractivity contribution in [1.82, 2.24) is 10.3 Å². The third kappa shape index (κ3) is 2.15. The summed E-state index contributed by atoms with van der Waals surface area (Å²) < 4.78 is 0. The Morgan fingerprint density at radius 1 is 1.78 bits per heavy atom. The summed E-state index contributed by atoms with van der Waals surface area (Å²) >= 11 is 4.88. The molecule has 1 fully saturated rings. The van der Waals surface area contributed by atoms with E-state index in [1.165, 1.54) is 17.9 Å². The van der Waals surface area contributed by atoms with Gasteiger partial charge in [0, 0.05) is 13.1 Å². The van der Waals surface area contributed by atoms with Crippen LogP contribution in [-0.2, 0) is 0 Å². The van der Waals surface area contributed by atoms with Crippen molar-refractivity contribution in [2.45, 2.75) is 18.9 Å². The average molecular weight is 145 g/mol. The number of hydrogen-bond donors (Lipinski definition) is 2. The molecule has 0 radical (unpaired) electrons. The van der Waals surface area contributed by atoms with Crippen LogP contribution in [0.1, 0.15) is 12.8 Å². The summed E-state index contributed by atoms with van der Waals surface area (Å²) in [6, 6.07) is 0.600. The van der Waals surface area contributed by atoms with Gasteiger partial charge in [0.05, 0.1) is 0 Å². The highest BCUT2D eigenvalue weighted by atomic mass is 32.1. The normalized spacial score (nSPS) is 17.1. The summed E-state index contributed by atoms with van der Waals surface area (Å²) in [5.74, 6) is 5.34. The number of nitrogens with two attached hydrogens (primary N) is 1. The van der Waals surface area contributed by atoms with Crippen molar-refractivity contribution in [3.05, 3.63) is 0 Å². The van der Waals surface area contributed by atoms with E-state index < -0.39 is 0 Å². The topological polar surface area (TPSA) is 41.3 Å². The zero-order valence-corrected chi connectivity index (χ0v) is 6.24. The Kier molecular flexibility index (Phi) is 1.87. The third-order valence-corrected chi connectivity index (χ3v) is 1.63. The maximum Gasteiger partial charge on any atom is 0.183 e. The zero-order valence-electron chi connectivity index (χ0n) is 5.42. The molecule has 0 saturated heterocycles. The average Bonchev–Trinajstić information content (AvgIpc) is 2.50. The first kappa shape index (κ1) is 6.77. The first-order chi connectivity index (χ1) is 4.20. The van der Waals surface area contributed by atoms with Crippen LogP contribution in [0.2, 0.25) is 0 Å². The standard InChI is InChI=1S/C5H11N3S/c1-8(6)5(9)7-4-2-3-4/h4H,2-3,6H2,1H3,(H,7,9). The minimum atomic E-state index is 0.600. The van der Waals surface area contributed by atoms with E-state index in [0.29, 0.717) is 11.2 Å². The van der Waals surface area contributed by atoms with Crippen LogP contribution < -0.4 is 11.2 Å². The minimum Gasteiger partial charge on any atom is -0.359 e. The van der Waals surface area contributed by atoms with E-state index in [4.69, 9.17) is 18.1 Å². The van der Waals surface area contributed by atoms with Gasteiger partial charge in [0.2, 0.25) is 0 Å². The fourth-order valence-electron chi connectivity index (χ4n) is 0.504.